The van der Waals surface area contributed by atoms with Crippen molar-refractivity contribution in [3.8, 4) is 5.75 Å². The second kappa shape index (κ2) is 7.77. The summed E-state index contributed by atoms with van der Waals surface area (Å²) in [6.07, 6.45) is 0. The predicted molar refractivity (Wildman–Crippen MR) is 92.8 cm³/mol. The highest BCUT2D eigenvalue weighted by Gasteiger charge is 2.32. The molecule has 0 bridgehead atoms. The predicted octanol–water partition coefficient (Wildman–Crippen LogP) is 3.84. The molecule has 2 aromatic rings. The lowest BCUT2D eigenvalue weighted by Gasteiger charge is -2.28. The van der Waals surface area contributed by atoms with Crippen LogP contribution in [0.4, 0.5) is 4.39 Å². The smallest absolute Gasteiger partial charge is 0.123 e. The topological polar surface area (TPSA) is 21.7 Å². The third-order valence-corrected chi connectivity index (χ3v) is 4.58. The summed E-state index contributed by atoms with van der Waals surface area (Å²) in [5.41, 5.74) is 2.38. The molecule has 1 fully saturated rings. The van der Waals surface area contributed by atoms with Crippen LogP contribution in [0.15, 0.2) is 48.5 Å². The lowest BCUT2D eigenvalue weighted by molar-refractivity contribution is 0.156. The average Bonchev–Trinajstić information content (AvgIpc) is 3.07. The van der Waals surface area contributed by atoms with Crippen molar-refractivity contribution in [1.29, 1.82) is 0 Å². The maximum absolute atomic E-state index is 13.2. The summed E-state index contributed by atoms with van der Waals surface area (Å²) in [5, 5.41) is 0. The van der Waals surface area contributed by atoms with Crippen LogP contribution in [0.25, 0.3) is 0 Å². The van der Waals surface area contributed by atoms with Crippen LogP contribution in [-0.4, -0.2) is 37.8 Å². The molecule has 24 heavy (non-hydrogen) atoms. The summed E-state index contributed by atoms with van der Waals surface area (Å²) < 4.78 is 24.3. The molecular weight excluding hydrogens is 305 g/mol. The van der Waals surface area contributed by atoms with Crippen LogP contribution in [0, 0.1) is 5.82 Å². The second-order valence-electron chi connectivity index (χ2n) is 6.25. The number of hydrogen-bond donors (Lipinski definition) is 0. The number of hydrogen-bond acceptors (Lipinski definition) is 3. The van der Waals surface area contributed by atoms with E-state index in [0.29, 0.717) is 25.9 Å². The van der Waals surface area contributed by atoms with E-state index in [2.05, 4.69) is 24.1 Å². The number of ether oxygens (including phenoxy) is 2. The first kappa shape index (κ1) is 16.9. The van der Waals surface area contributed by atoms with Gasteiger partial charge in [-0.05, 0) is 49.4 Å². The van der Waals surface area contributed by atoms with Gasteiger partial charge in [0.25, 0.3) is 0 Å². The molecule has 3 rings (SSSR count). The fourth-order valence-corrected chi connectivity index (χ4v) is 3.27. The molecule has 1 saturated heterocycles. The first-order valence-corrected chi connectivity index (χ1v) is 8.42. The van der Waals surface area contributed by atoms with Crippen LogP contribution in [0.5, 0.6) is 5.75 Å². The lowest BCUT2D eigenvalue weighted by Crippen LogP contribution is -2.36. The number of nitrogens with zero attached hydrogens (tertiary/aromatic N) is 1. The number of likely N-dealkylation sites (N-methyl/N-ethyl adjacent to an activating group) is 1. The first-order chi connectivity index (χ1) is 11.7. The van der Waals surface area contributed by atoms with Crippen molar-refractivity contribution < 1.29 is 13.9 Å². The van der Waals surface area contributed by atoms with Crippen molar-refractivity contribution in [3.05, 3.63) is 65.5 Å². The molecule has 128 valence electrons. The third kappa shape index (κ3) is 3.94. The van der Waals surface area contributed by atoms with E-state index >= 15 is 0 Å². The minimum Gasteiger partial charge on any atom is -0.494 e. The molecule has 1 aliphatic rings. The van der Waals surface area contributed by atoms with Crippen LogP contribution in [-0.2, 0) is 11.3 Å². The standard InChI is InChI=1S/C20H24FNO2/c1-3-24-18-10-4-15(5-11-18)12-22(2)20-14-23-13-19(20)16-6-8-17(21)9-7-16/h4-11,19-20H,3,12-14H2,1-2H3/t19-,20+/m0/s1. The fraction of sp³-hybridized carbons (Fsp3) is 0.400. The van der Waals surface area contributed by atoms with Gasteiger partial charge in [-0.3, -0.25) is 4.90 Å². The Kier molecular flexibility index (Phi) is 5.48. The minimum atomic E-state index is -0.197. The van der Waals surface area contributed by atoms with Crippen molar-refractivity contribution in [3.63, 3.8) is 0 Å². The van der Waals surface area contributed by atoms with Gasteiger partial charge in [0.15, 0.2) is 0 Å². The van der Waals surface area contributed by atoms with E-state index in [1.54, 1.807) is 0 Å². The minimum absolute atomic E-state index is 0.197. The van der Waals surface area contributed by atoms with Gasteiger partial charge in [-0.1, -0.05) is 24.3 Å². The molecule has 2 atom stereocenters. The molecule has 0 N–H and O–H groups in total. The first-order valence-electron chi connectivity index (χ1n) is 8.42. The Bertz CT molecular complexity index is 642. The molecule has 0 saturated carbocycles. The number of benzene rings is 2. The zero-order chi connectivity index (χ0) is 16.9. The molecule has 0 radical (unpaired) electrons. The van der Waals surface area contributed by atoms with Gasteiger partial charge in [-0.2, -0.15) is 0 Å². The Labute approximate surface area is 143 Å². The Morgan fingerprint density at radius 3 is 2.46 bits per heavy atom. The summed E-state index contributed by atoms with van der Waals surface area (Å²) in [6.45, 7) is 4.90. The van der Waals surface area contributed by atoms with Crippen LogP contribution in [0.1, 0.15) is 24.0 Å². The summed E-state index contributed by atoms with van der Waals surface area (Å²) in [6, 6.07) is 15.3. The summed E-state index contributed by atoms with van der Waals surface area (Å²) >= 11 is 0. The molecule has 0 unspecified atom stereocenters. The highest BCUT2D eigenvalue weighted by atomic mass is 19.1. The van der Waals surface area contributed by atoms with E-state index in [1.807, 2.05) is 31.2 Å². The van der Waals surface area contributed by atoms with Gasteiger partial charge >= 0.3 is 0 Å². The summed E-state index contributed by atoms with van der Waals surface area (Å²) in [7, 11) is 2.12. The van der Waals surface area contributed by atoms with E-state index < -0.39 is 0 Å². The molecule has 0 spiro atoms. The molecule has 0 aromatic heterocycles. The molecule has 2 aromatic carbocycles. The molecule has 1 heterocycles. The normalized spacial score (nSPS) is 20.5. The zero-order valence-electron chi connectivity index (χ0n) is 14.2. The van der Waals surface area contributed by atoms with E-state index in [9.17, 15) is 4.39 Å². The molecule has 3 nitrogen and oxygen atoms in total. The Morgan fingerprint density at radius 2 is 1.79 bits per heavy atom. The average molecular weight is 329 g/mol. The van der Waals surface area contributed by atoms with Crippen LogP contribution in [0.3, 0.4) is 0 Å². The van der Waals surface area contributed by atoms with Gasteiger partial charge in [0, 0.05) is 18.5 Å². The maximum Gasteiger partial charge on any atom is 0.123 e. The van der Waals surface area contributed by atoms with Crippen LogP contribution >= 0.6 is 0 Å². The van der Waals surface area contributed by atoms with Crippen LogP contribution in [0.2, 0.25) is 0 Å². The third-order valence-electron chi connectivity index (χ3n) is 4.58. The van der Waals surface area contributed by atoms with Crippen molar-refractivity contribution >= 4 is 0 Å². The summed E-state index contributed by atoms with van der Waals surface area (Å²) in [5.74, 6) is 0.979. The van der Waals surface area contributed by atoms with E-state index in [-0.39, 0.29) is 11.7 Å². The van der Waals surface area contributed by atoms with Gasteiger partial charge in [0.2, 0.25) is 0 Å². The maximum atomic E-state index is 13.2. The van der Waals surface area contributed by atoms with E-state index in [0.717, 1.165) is 17.9 Å². The van der Waals surface area contributed by atoms with E-state index in [4.69, 9.17) is 9.47 Å². The molecule has 4 heteroatoms. The highest BCUT2D eigenvalue weighted by Crippen LogP contribution is 2.30. The van der Waals surface area contributed by atoms with E-state index in [1.165, 1.54) is 17.7 Å². The van der Waals surface area contributed by atoms with Gasteiger partial charge in [0.05, 0.1) is 19.8 Å². The van der Waals surface area contributed by atoms with Gasteiger partial charge in [-0.15, -0.1) is 0 Å². The molecule has 0 aliphatic carbocycles. The largest absolute Gasteiger partial charge is 0.494 e. The van der Waals surface area contributed by atoms with Crippen molar-refractivity contribution in [1.82, 2.24) is 4.90 Å². The molecule has 1 aliphatic heterocycles. The fourth-order valence-electron chi connectivity index (χ4n) is 3.27. The molecular formula is C20H24FNO2. The quantitative estimate of drug-likeness (QED) is 0.804. The summed E-state index contributed by atoms with van der Waals surface area (Å²) in [4.78, 5) is 2.32. The van der Waals surface area contributed by atoms with Crippen molar-refractivity contribution in [2.24, 2.45) is 0 Å². The van der Waals surface area contributed by atoms with Crippen molar-refractivity contribution in [2.45, 2.75) is 25.4 Å². The monoisotopic (exact) mass is 329 g/mol. The Morgan fingerprint density at radius 1 is 1.08 bits per heavy atom. The second-order valence-corrected chi connectivity index (χ2v) is 6.25. The lowest BCUT2D eigenvalue weighted by atomic mass is 9.93. The van der Waals surface area contributed by atoms with Crippen molar-refractivity contribution in [2.75, 3.05) is 26.9 Å². The van der Waals surface area contributed by atoms with Gasteiger partial charge < -0.3 is 9.47 Å². The van der Waals surface area contributed by atoms with Gasteiger partial charge in [-0.25, -0.2) is 4.39 Å². The molecule has 0 amide bonds. The van der Waals surface area contributed by atoms with Gasteiger partial charge in [0.1, 0.15) is 11.6 Å². The number of rotatable bonds is 6. The van der Waals surface area contributed by atoms with Crippen LogP contribution < -0.4 is 4.74 Å². The Balaban J connectivity index is 1.66. The Hall–Kier alpha value is -1.91. The number of halogens is 1. The zero-order valence-corrected chi connectivity index (χ0v) is 14.2. The highest BCUT2D eigenvalue weighted by molar-refractivity contribution is 5.28. The SMILES string of the molecule is CCOc1ccc(CN(C)[C@@H]2COC[C@H]2c2ccc(F)cc2)cc1.